The molecule has 1 saturated heterocycles. The Balaban J connectivity index is 1.47. The van der Waals surface area contributed by atoms with Crippen molar-refractivity contribution in [3.63, 3.8) is 0 Å². The fraction of sp³-hybridized carbons (Fsp3) is 0.400. The first kappa shape index (κ1) is 21.0. The van der Waals surface area contributed by atoms with Crippen LogP contribution >= 0.6 is 11.6 Å². The first-order valence-electron chi connectivity index (χ1n) is 11.0. The Kier molecular flexibility index (Phi) is 5.41. The Morgan fingerprint density at radius 1 is 1.09 bits per heavy atom. The SMILES string of the molecule is COc1ccc(Cl)cc1NC(=O)[C@H](Cc1ccccc1)N1C(=O)[C@@H]2[C@@H]3CC[C@@H](C3)[C@@H]2C1=O. The number of anilines is 1. The average Bonchev–Trinajstić information content (AvgIpc) is 3.47. The standard InChI is InChI=1S/C25H25ClN2O4/c1-32-20-10-9-17(26)13-18(20)27-23(29)19(11-14-5-3-2-4-6-14)28-24(30)21-15-7-8-16(12-15)22(21)25(28)31/h2-6,9-10,13,15-16,19,21-22H,7-8,11-12H2,1H3,(H,27,29)/t15-,16+,19-,21-,22+/m0/s1. The van der Waals surface area contributed by atoms with E-state index in [2.05, 4.69) is 5.32 Å². The van der Waals surface area contributed by atoms with Gasteiger partial charge in [-0.1, -0.05) is 41.9 Å². The maximum atomic E-state index is 13.5. The van der Waals surface area contributed by atoms with Crippen LogP contribution in [0.3, 0.4) is 0 Å². The number of ether oxygens (including phenoxy) is 1. The number of nitrogens with one attached hydrogen (secondary N) is 1. The number of hydrogen-bond acceptors (Lipinski definition) is 4. The summed E-state index contributed by atoms with van der Waals surface area (Å²) in [7, 11) is 1.50. The summed E-state index contributed by atoms with van der Waals surface area (Å²) in [6, 6.07) is 13.4. The third kappa shape index (κ3) is 3.47. The molecule has 3 fully saturated rings. The predicted octanol–water partition coefficient (Wildman–Crippen LogP) is 3.93. The van der Waals surface area contributed by atoms with Gasteiger partial charge in [-0.25, -0.2) is 0 Å². The molecule has 2 aliphatic carbocycles. The average molecular weight is 453 g/mol. The summed E-state index contributed by atoms with van der Waals surface area (Å²) in [4.78, 5) is 41.6. The van der Waals surface area contributed by atoms with Crippen molar-refractivity contribution < 1.29 is 19.1 Å². The number of carbonyl (C=O) groups excluding carboxylic acids is 3. The molecule has 2 aromatic rings. The minimum absolute atomic E-state index is 0.193. The Morgan fingerprint density at radius 3 is 2.38 bits per heavy atom. The fourth-order valence-electron chi connectivity index (χ4n) is 5.87. The normalized spacial score (nSPS) is 26.9. The molecule has 3 aliphatic rings. The lowest BCUT2D eigenvalue weighted by Crippen LogP contribution is -2.49. The molecule has 1 N–H and O–H groups in total. The monoisotopic (exact) mass is 452 g/mol. The lowest BCUT2D eigenvalue weighted by molar-refractivity contribution is -0.147. The van der Waals surface area contributed by atoms with Crippen LogP contribution in [0.4, 0.5) is 5.69 Å². The van der Waals surface area contributed by atoms with E-state index in [1.807, 2.05) is 30.3 Å². The number of fused-ring (bicyclic) bond motifs is 5. The van der Waals surface area contributed by atoms with Crippen LogP contribution in [0, 0.1) is 23.7 Å². The summed E-state index contributed by atoms with van der Waals surface area (Å²) in [5.74, 6) is -0.373. The Labute approximate surface area is 191 Å². The molecular formula is C25H25ClN2O4. The van der Waals surface area contributed by atoms with Gasteiger partial charge in [0.25, 0.3) is 0 Å². The summed E-state index contributed by atoms with van der Waals surface area (Å²) in [6.07, 6.45) is 3.19. The molecular weight excluding hydrogens is 428 g/mol. The van der Waals surface area contributed by atoms with Crippen molar-refractivity contribution in [3.8, 4) is 5.75 Å². The molecule has 7 heteroatoms. The molecule has 2 bridgehead atoms. The second kappa shape index (κ2) is 8.24. The minimum atomic E-state index is -0.939. The van der Waals surface area contributed by atoms with Crippen LogP contribution in [0.1, 0.15) is 24.8 Å². The van der Waals surface area contributed by atoms with Crippen molar-refractivity contribution in [3.05, 3.63) is 59.1 Å². The smallest absolute Gasteiger partial charge is 0.248 e. The van der Waals surface area contributed by atoms with Crippen LogP contribution in [0.25, 0.3) is 0 Å². The van der Waals surface area contributed by atoms with Crippen LogP contribution in [-0.4, -0.2) is 35.8 Å². The third-order valence-corrected chi connectivity index (χ3v) is 7.50. The number of methoxy groups -OCH3 is 1. The van der Waals surface area contributed by atoms with Crippen molar-refractivity contribution in [1.82, 2.24) is 4.90 Å². The van der Waals surface area contributed by atoms with E-state index in [4.69, 9.17) is 16.3 Å². The summed E-state index contributed by atoms with van der Waals surface area (Å²) in [5.41, 5.74) is 1.29. The lowest BCUT2D eigenvalue weighted by Gasteiger charge is -2.27. The molecule has 0 radical (unpaired) electrons. The van der Waals surface area contributed by atoms with Gasteiger partial charge in [0.05, 0.1) is 24.6 Å². The molecule has 1 aliphatic heterocycles. The molecule has 5 rings (SSSR count). The summed E-state index contributed by atoms with van der Waals surface area (Å²) >= 11 is 6.12. The maximum absolute atomic E-state index is 13.5. The van der Waals surface area contributed by atoms with Crippen molar-refractivity contribution in [2.75, 3.05) is 12.4 Å². The molecule has 5 atom stereocenters. The van der Waals surface area contributed by atoms with E-state index < -0.39 is 11.9 Å². The zero-order valence-electron chi connectivity index (χ0n) is 17.8. The quantitative estimate of drug-likeness (QED) is 0.674. The van der Waals surface area contributed by atoms with Gasteiger partial charge in [-0.3, -0.25) is 19.3 Å². The lowest BCUT2D eigenvalue weighted by atomic mass is 9.81. The van der Waals surface area contributed by atoms with Gasteiger partial charge in [0.1, 0.15) is 11.8 Å². The molecule has 2 saturated carbocycles. The van der Waals surface area contributed by atoms with Crippen molar-refractivity contribution in [1.29, 1.82) is 0 Å². The number of imide groups is 1. The molecule has 2 aromatic carbocycles. The van der Waals surface area contributed by atoms with Crippen LogP contribution in [0.5, 0.6) is 5.75 Å². The van der Waals surface area contributed by atoms with Gasteiger partial charge in [0.2, 0.25) is 17.7 Å². The largest absolute Gasteiger partial charge is 0.495 e. The second-order valence-electron chi connectivity index (χ2n) is 8.97. The summed E-state index contributed by atoms with van der Waals surface area (Å²) in [6.45, 7) is 0. The highest BCUT2D eigenvalue weighted by molar-refractivity contribution is 6.31. The van der Waals surface area contributed by atoms with E-state index in [0.717, 1.165) is 24.8 Å². The van der Waals surface area contributed by atoms with Gasteiger partial charge in [0, 0.05) is 11.4 Å². The molecule has 32 heavy (non-hydrogen) atoms. The molecule has 166 valence electrons. The zero-order chi connectivity index (χ0) is 22.4. The van der Waals surface area contributed by atoms with Gasteiger partial charge in [0.15, 0.2) is 0 Å². The molecule has 0 spiro atoms. The first-order valence-corrected chi connectivity index (χ1v) is 11.4. The van der Waals surface area contributed by atoms with Gasteiger partial charge in [-0.2, -0.15) is 0 Å². The Hall–Kier alpha value is -2.86. The summed E-state index contributed by atoms with van der Waals surface area (Å²) in [5, 5.41) is 3.29. The minimum Gasteiger partial charge on any atom is -0.495 e. The Morgan fingerprint density at radius 2 is 1.75 bits per heavy atom. The van der Waals surface area contributed by atoms with E-state index in [-0.39, 0.29) is 41.9 Å². The Bertz CT molecular complexity index is 1040. The molecule has 3 amide bonds. The number of nitrogens with zero attached hydrogens (tertiary/aromatic N) is 1. The number of carbonyl (C=O) groups is 3. The number of amides is 3. The number of likely N-dealkylation sites (tertiary alicyclic amines) is 1. The first-order chi connectivity index (χ1) is 15.5. The molecule has 6 nitrogen and oxygen atoms in total. The van der Waals surface area contributed by atoms with Gasteiger partial charge < -0.3 is 10.1 Å². The fourth-order valence-corrected chi connectivity index (χ4v) is 6.04. The number of hydrogen-bond donors (Lipinski definition) is 1. The van der Waals surface area contributed by atoms with Crippen molar-refractivity contribution >= 4 is 35.0 Å². The number of benzene rings is 2. The number of halogens is 1. The van der Waals surface area contributed by atoms with E-state index in [1.165, 1.54) is 12.0 Å². The van der Waals surface area contributed by atoms with Crippen molar-refractivity contribution in [2.45, 2.75) is 31.7 Å². The maximum Gasteiger partial charge on any atom is 0.248 e. The molecule has 1 heterocycles. The van der Waals surface area contributed by atoms with Crippen LogP contribution in [-0.2, 0) is 20.8 Å². The number of rotatable bonds is 6. The van der Waals surface area contributed by atoms with Crippen LogP contribution in [0.2, 0.25) is 5.02 Å². The van der Waals surface area contributed by atoms with E-state index in [0.29, 0.717) is 16.5 Å². The van der Waals surface area contributed by atoms with E-state index in [1.54, 1.807) is 18.2 Å². The van der Waals surface area contributed by atoms with Crippen molar-refractivity contribution in [2.24, 2.45) is 23.7 Å². The predicted molar refractivity (Wildman–Crippen MR) is 120 cm³/mol. The second-order valence-corrected chi connectivity index (χ2v) is 9.41. The van der Waals surface area contributed by atoms with Gasteiger partial charge in [-0.05, 0) is 54.9 Å². The zero-order valence-corrected chi connectivity index (χ0v) is 18.5. The van der Waals surface area contributed by atoms with Crippen LogP contribution in [0.15, 0.2) is 48.5 Å². The third-order valence-electron chi connectivity index (χ3n) is 7.27. The topological polar surface area (TPSA) is 75.7 Å². The highest BCUT2D eigenvalue weighted by Gasteiger charge is 2.62. The molecule has 0 unspecified atom stereocenters. The van der Waals surface area contributed by atoms with Gasteiger partial charge >= 0.3 is 0 Å². The van der Waals surface area contributed by atoms with E-state index >= 15 is 0 Å². The highest BCUT2D eigenvalue weighted by Crippen LogP contribution is 2.56. The summed E-state index contributed by atoms with van der Waals surface area (Å²) < 4.78 is 5.34. The van der Waals surface area contributed by atoms with E-state index in [9.17, 15) is 14.4 Å². The van der Waals surface area contributed by atoms with Crippen LogP contribution < -0.4 is 10.1 Å². The molecule has 0 aromatic heterocycles. The van der Waals surface area contributed by atoms with Gasteiger partial charge in [-0.15, -0.1) is 0 Å². The highest BCUT2D eigenvalue weighted by atomic mass is 35.5.